The van der Waals surface area contributed by atoms with Crippen LogP contribution in [0.2, 0.25) is 0 Å². The fourth-order valence-corrected chi connectivity index (χ4v) is 2.48. The lowest BCUT2D eigenvalue weighted by atomic mass is 9.96. The Balaban J connectivity index is 1.93. The number of rotatable bonds is 9. The Morgan fingerprint density at radius 3 is 2.50 bits per heavy atom. The maximum absolute atomic E-state index is 11.0. The zero-order valence-corrected chi connectivity index (χ0v) is 11.7. The fourth-order valence-electron chi connectivity index (χ4n) is 2.48. The molecule has 0 unspecified atom stereocenters. The number of amides is 1. The van der Waals surface area contributed by atoms with E-state index in [0.29, 0.717) is 0 Å². The third-order valence-corrected chi connectivity index (χ3v) is 3.71. The Kier molecular flexibility index (Phi) is 8.01. The monoisotopic (exact) mass is 256 g/mol. The Morgan fingerprint density at radius 1 is 1.22 bits per heavy atom. The van der Waals surface area contributed by atoms with Gasteiger partial charge in [0.2, 0.25) is 5.91 Å². The second-order valence-electron chi connectivity index (χ2n) is 5.13. The predicted octanol–water partition coefficient (Wildman–Crippen LogP) is 1.78. The Morgan fingerprint density at radius 2 is 1.89 bits per heavy atom. The molecule has 0 aromatic carbocycles. The van der Waals surface area contributed by atoms with Gasteiger partial charge in [0, 0.05) is 19.1 Å². The van der Waals surface area contributed by atoms with Gasteiger partial charge in [-0.25, -0.2) is 0 Å². The van der Waals surface area contributed by atoms with Crippen molar-refractivity contribution in [3.8, 4) is 0 Å². The molecule has 18 heavy (non-hydrogen) atoms. The number of unbranched alkanes of at least 4 members (excludes halogenated alkanes) is 3. The summed E-state index contributed by atoms with van der Waals surface area (Å²) in [6.07, 6.45) is 6.87. The summed E-state index contributed by atoms with van der Waals surface area (Å²) in [7, 11) is 0. The molecule has 0 atom stereocenters. The molecule has 4 nitrogen and oxygen atoms in total. The second kappa shape index (κ2) is 9.34. The number of likely N-dealkylation sites (tertiary alicyclic amines) is 1. The summed E-state index contributed by atoms with van der Waals surface area (Å²) >= 11 is 0. The Hall–Kier alpha value is -0.610. The minimum atomic E-state index is -0.120. The van der Waals surface area contributed by atoms with Crippen molar-refractivity contribution in [2.45, 2.75) is 45.4 Å². The number of nitrogens with zero attached hydrogens (tertiary/aromatic N) is 1. The number of carbonyl (C=O) groups excluding carboxylic acids is 1. The standard InChI is InChI=1S/C14H28N2O2/c1-2-18-12-6-4-3-5-9-16-10-7-13(8-11-16)14(15)17/h13H,2-12H2,1H3,(H2,15,17). The highest BCUT2D eigenvalue weighted by Crippen LogP contribution is 2.17. The minimum absolute atomic E-state index is 0.118. The average Bonchev–Trinajstić information content (AvgIpc) is 2.38. The summed E-state index contributed by atoms with van der Waals surface area (Å²) < 4.78 is 5.31. The van der Waals surface area contributed by atoms with Gasteiger partial charge < -0.3 is 15.4 Å². The van der Waals surface area contributed by atoms with Gasteiger partial charge in [-0.1, -0.05) is 12.8 Å². The number of primary amides is 1. The quantitative estimate of drug-likeness (QED) is 0.640. The minimum Gasteiger partial charge on any atom is -0.382 e. The summed E-state index contributed by atoms with van der Waals surface area (Å²) in [5.41, 5.74) is 5.32. The van der Waals surface area contributed by atoms with Crippen molar-refractivity contribution in [2.24, 2.45) is 11.7 Å². The van der Waals surface area contributed by atoms with Crippen LogP contribution in [-0.2, 0) is 9.53 Å². The van der Waals surface area contributed by atoms with Gasteiger partial charge in [-0.3, -0.25) is 4.79 Å². The lowest BCUT2D eigenvalue weighted by Crippen LogP contribution is -2.38. The van der Waals surface area contributed by atoms with E-state index in [2.05, 4.69) is 4.90 Å². The molecule has 1 aliphatic rings. The summed E-state index contributed by atoms with van der Waals surface area (Å²) in [4.78, 5) is 13.5. The molecule has 1 heterocycles. The molecule has 0 aliphatic carbocycles. The van der Waals surface area contributed by atoms with Gasteiger partial charge >= 0.3 is 0 Å². The number of carbonyl (C=O) groups is 1. The summed E-state index contributed by atoms with van der Waals surface area (Å²) in [5, 5.41) is 0. The van der Waals surface area contributed by atoms with Crippen molar-refractivity contribution in [2.75, 3.05) is 32.8 Å². The van der Waals surface area contributed by atoms with E-state index in [1.807, 2.05) is 6.92 Å². The summed E-state index contributed by atoms with van der Waals surface area (Å²) in [6, 6.07) is 0. The molecule has 1 aliphatic heterocycles. The highest BCUT2D eigenvalue weighted by molar-refractivity contribution is 5.76. The first-order chi connectivity index (χ1) is 8.74. The van der Waals surface area contributed by atoms with Crippen molar-refractivity contribution in [3.63, 3.8) is 0 Å². The van der Waals surface area contributed by atoms with Gasteiger partial charge in [0.1, 0.15) is 0 Å². The normalized spacial score (nSPS) is 18.1. The lowest BCUT2D eigenvalue weighted by Gasteiger charge is -2.30. The third-order valence-electron chi connectivity index (χ3n) is 3.71. The van der Waals surface area contributed by atoms with Gasteiger partial charge in [-0.2, -0.15) is 0 Å². The molecule has 0 radical (unpaired) electrons. The van der Waals surface area contributed by atoms with Crippen LogP contribution in [-0.4, -0.2) is 43.7 Å². The van der Waals surface area contributed by atoms with E-state index in [1.54, 1.807) is 0 Å². The molecule has 0 aromatic heterocycles. The topological polar surface area (TPSA) is 55.6 Å². The van der Waals surface area contributed by atoms with E-state index in [0.717, 1.165) is 39.1 Å². The lowest BCUT2D eigenvalue weighted by molar-refractivity contribution is -0.123. The molecule has 1 saturated heterocycles. The van der Waals surface area contributed by atoms with Gasteiger partial charge in [0.25, 0.3) is 0 Å². The van der Waals surface area contributed by atoms with Crippen molar-refractivity contribution in [1.82, 2.24) is 4.90 Å². The molecule has 1 fully saturated rings. The largest absolute Gasteiger partial charge is 0.382 e. The third kappa shape index (κ3) is 6.36. The molecule has 0 saturated carbocycles. The molecule has 1 amide bonds. The van der Waals surface area contributed by atoms with Crippen LogP contribution < -0.4 is 5.73 Å². The summed E-state index contributed by atoms with van der Waals surface area (Å²) in [5.74, 6) is -0.00184. The molecular weight excluding hydrogens is 228 g/mol. The van der Waals surface area contributed by atoms with Crippen LogP contribution >= 0.6 is 0 Å². The maximum atomic E-state index is 11.0. The van der Waals surface area contributed by atoms with Gasteiger partial charge in [-0.05, 0) is 52.2 Å². The Bertz CT molecular complexity index is 226. The smallest absolute Gasteiger partial charge is 0.220 e. The van der Waals surface area contributed by atoms with E-state index in [-0.39, 0.29) is 11.8 Å². The molecule has 0 bridgehead atoms. The van der Waals surface area contributed by atoms with Crippen molar-refractivity contribution in [1.29, 1.82) is 0 Å². The van der Waals surface area contributed by atoms with Crippen LogP contribution in [0.4, 0.5) is 0 Å². The van der Waals surface area contributed by atoms with Crippen LogP contribution in [0.3, 0.4) is 0 Å². The van der Waals surface area contributed by atoms with Crippen molar-refractivity contribution in [3.05, 3.63) is 0 Å². The van der Waals surface area contributed by atoms with Crippen LogP contribution in [0, 0.1) is 5.92 Å². The molecule has 2 N–H and O–H groups in total. The molecule has 1 rings (SSSR count). The van der Waals surface area contributed by atoms with Crippen LogP contribution in [0.1, 0.15) is 45.4 Å². The first kappa shape index (κ1) is 15.4. The average molecular weight is 256 g/mol. The molecule has 0 spiro atoms. The fraction of sp³-hybridized carbons (Fsp3) is 0.929. The number of nitrogens with two attached hydrogens (primary N) is 1. The SMILES string of the molecule is CCOCCCCCCN1CCC(C(N)=O)CC1. The Labute approximate surface area is 111 Å². The number of hydrogen-bond acceptors (Lipinski definition) is 3. The first-order valence-corrected chi connectivity index (χ1v) is 7.33. The van der Waals surface area contributed by atoms with Crippen LogP contribution in [0.25, 0.3) is 0 Å². The molecule has 106 valence electrons. The highest BCUT2D eigenvalue weighted by atomic mass is 16.5. The molecule has 4 heteroatoms. The zero-order chi connectivity index (χ0) is 13.2. The van der Waals surface area contributed by atoms with Gasteiger partial charge in [-0.15, -0.1) is 0 Å². The predicted molar refractivity (Wildman–Crippen MR) is 73.3 cm³/mol. The first-order valence-electron chi connectivity index (χ1n) is 7.33. The van der Waals surface area contributed by atoms with Gasteiger partial charge in [0.05, 0.1) is 0 Å². The number of hydrogen-bond donors (Lipinski definition) is 1. The second-order valence-corrected chi connectivity index (χ2v) is 5.13. The van der Waals surface area contributed by atoms with E-state index in [9.17, 15) is 4.79 Å². The van der Waals surface area contributed by atoms with E-state index < -0.39 is 0 Å². The van der Waals surface area contributed by atoms with Crippen molar-refractivity contribution < 1.29 is 9.53 Å². The van der Waals surface area contributed by atoms with E-state index >= 15 is 0 Å². The maximum Gasteiger partial charge on any atom is 0.220 e. The van der Waals surface area contributed by atoms with Crippen LogP contribution in [0.15, 0.2) is 0 Å². The van der Waals surface area contributed by atoms with E-state index in [4.69, 9.17) is 10.5 Å². The van der Waals surface area contributed by atoms with Crippen LogP contribution in [0.5, 0.6) is 0 Å². The summed E-state index contributed by atoms with van der Waals surface area (Å²) in [6.45, 7) is 7.00. The number of ether oxygens (including phenoxy) is 1. The van der Waals surface area contributed by atoms with E-state index in [1.165, 1.54) is 32.2 Å². The molecule has 0 aromatic rings. The van der Waals surface area contributed by atoms with Gasteiger partial charge in [0.15, 0.2) is 0 Å². The molecular formula is C14H28N2O2. The zero-order valence-electron chi connectivity index (χ0n) is 11.7. The van der Waals surface area contributed by atoms with Crippen molar-refractivity contribution >= 4 is 5.91 Å². The number of piperidine rings is 1. The highest BCUT2D eigenvalue weighted by Gasteiger charge is 2.22.